The molecule has 1 saturated heterocycles. The number of nitrogens with zero attached hydrogens (tertiary/aromatic N) is 1. The number of carbonyl (C=O) groups is 1. The monoisotopic (exact) mass is 319 g/mol. The van der Waals surface area contributed by atoms with Gasteiger partial charge >= 0.3 is 5.97 Å². The van der Waals surface area contributed by atoms with E-state index in [0.717, 1.165) is 25.7 Å². The lowest BCUT2D eigenvalue weighted by Crippen LogP contribution is -2.41. The van der Waals surface area contributed by atoms with Gasteiger partial charge in [0.1, 0.15) is 12.7 Å². The van der Waals surface area contributed by atoms with Gasteiger partial charge in [0, 0.05) is 19.6 Å². The van der Waals surface area contributed by atoms with Crippen molar-refractivity contribution in [3.8, 4) is 0 Å². The Morgan fingerprint density at radius 3 is 2.43 bits per heavy atom. The SMILES string of the molecule is O=C(COCCN1CCS(=O)(=O)CC1)OC1CCCCC1. The molecule has 0 bridgehead atoms. The molecule has 2 rings (SSSR count). The Bertz CT molecular complexity index is 417. The Kier molecular flexibility index (Phi) is 6.44. The first kappa shape index (κ1) is 16.7. The van der Waals surface area contributed by atoms with Crippen molar-refractivity contribution in [3.05, 3.63) is 0 Å². The molecule has 1 aliphatic carbocycles. The van der Waals surface area contributed by atoms with Gasteiger partial charge in [-0.3, -0.25) is 4.90 Å². The van der Waals surface area contributed by atoms with Crippen LogP contribution in [0.4, 0.5) is 0 Å². The maximum absolute atomic E-state index is 11.6. The summed E-state index contributed by atoms with van der Waals surface area (Å²) >= 11 is 0. The highest BCUT2D eigenvalue weighted by Crippen LogP contribution is 2.20. The molecule has 0 aromatic carbocycles. The molecule has 2 aliphatic rings. The third-order valence-corrected chi connectivity index (χ3v) is 5.67. The maximum atomic E-state index is 11.6. The van der Waals surface area contributed by atoms with E-state index >= 15 is 0 Å². The van der Waals surface area contributed by atoms with Crippen LogP contribution in [0.1, 0.15) is 32.1 Å². The van der Waals surface area contributed by atoms with Crippen LogP contribution >= 0.6 is 0 Å². The first-order valence-corrected chi connectivity index (χ1v) is 9.57. The summed E-state index contributed by atoms with van der Waals surface area (Å²) in [6.45, 7) is 2.19. The van der Waals surface area contributed by atoms with Gasteiger partial charge in [-0.25, -0.2) is 13.2 Å². The highest BCUT2D eigenvalue weighted by atomic mass is 32.2. The average molecular weight is 319 g/mol. The Labute approximate surface area is 126 Å². The number of sulfone groups is 1. The van der Waals surface area contributed by atoms with Crippen molar-refractivity contribution in [2.75, 3.05) is 44.4 Å². The summed E-state index contributed by atoms with van der Waals surface area (Å²) in [6.07, 6.45) is 5.51. The molecule has 1 saturated carbocycles. The third-order valence-electron chi connectivity index (χ3n) is 4.06. The van der Waals surface area contributed by atoms with Crippen LogP contribution < -0.4 is 0 Å². The van der Waals surface area contributed by atoms with E-state index in [2.05, 4.69) is 0 Å². The Morgan fingerprint density at radius 2 is 1.76 bits per heavy atom. The van der Waals surface area contributed by atoms with Gasteiger partial charge in [0.25, 0.3) is 0 Å². The fourth-order valence-corrected chi connectivity index (χ4v) is 4.00. The predicted octanol–water partition coefficient (Wildman–Crippen LogP) is 0.609. The van der Waals surface area contributed by atoms with Crippen molar-refractivity contribution in [3.63, 3.8) is 0 Å². The van der Waals surface area contributed by atoms with E-state index < -0.39 is 9.84 Å². The summed E-state index contributed by atoms with van der Waals surface area (Å²) in [5.74, 6) is 0.149. The van der Waals surface area contributed by atoms with Gasteiger partial charge in [-0.15, -0.1) is 0 Å². The summed E-state index contributed by atoms with van der Waals surface area (Å²) in [5.41, 5.74) is 0. The van der Waals surface area contributed by atoms with Crippen LogP contribution in [0.25, 0.3) is 0 Å². The number of ether oxygens (including phenoxy) is 2. The molecule has 0 radical (unpaired) electrons. The highest BCUT2D eigenvalue weighted by Gasteiger charge is 2.21. The zero-order valence-corrected chi connectivity index (χ0v) is 13.3. The lowest BCUT2D eigenvalue weighted by Gasteiger charge is -2.26. The number of hydrogen-bond acceptors (Lipinski definition) is 6. The third kappa shape index (κ3) is 6.32. The fourth-order valence-electron chi connectivity index (χ4n) is 2.73. The van der Waals surface area contributed by atoms with Crippen LogP contribution in [0, 0.1) is 0 Å². The van der Waals surface area contributed by atoms with E-state index in [0.29, 0.717) is 26.2 Å². The molecule has 1 aliphatic heterocycles. The van der Waals surface area contributed by atoms with Crippen LogP contribution in [0.2, 0.25) is 0 Å². The van der Waals surface area contributed by atoms with Crippen LogP contribution in [0.15, 0.2) is 0 Å². The van der Waals surface area contributed by atoms with Gasteiger partial charge in [-0.2, -0.15) is 0 Å². The fraction of sp³-hybridized carbons (Fsp3) is 0.929. The van der Waals surface area contributed by atoms with Crippen molar-refractivity contribution in [2.45, 2.75) is 38.2 Å². The van der Waals surface area contributed by atoms with E-state index in [-0.39, 0.29) is 30.2 Å². The predicted molar refractivity (Wildman–Crippen MR) is 78.9 cm³/mol. The standard InChI is InChI=1S/C14H25NO5S/c16-14(20-13-4-2-1-3-5-13)12-19-9-6-15-7-10-21(17,18)11-8-15/h13H,1-12H2. The molecule has 1 heterocycles. The second kappa shape index (κ2) is 8.10. The van der Waals surface area contributed by atoms with E-state index in [4.69, 9.17) is 9.47 Å². The van der Waals surface area contributed by atoms with E-state index in [9.17, 15) is 13.2 Å². The Morgan fingerprint density at radius 1 is 1.10 bits per heavy atom. The molecule has 0 N–H and O–H groups in total. The summed E-state index contributed by atoms with van der Waals surface area (Å²) < 4.78 is 33.3. The first-order valence-electron chi connectivity index (χ1n) is 7.75. The molecule has 6 nitrogen and oxygen atoms in total. The van der Waals surface area contributed by atoms with Crippen LogP contribution in [-0.2, 0) is 24.1 Å². The zero-order chi connectivity index (χ0) is 15.1. The first-order chi connectivity index (χ1) is 10.1. The van der Waals surface area contributed by atoms with Gasteiger partial charge in [0.2, 0.25) is 0 Å². The number of carbonyl (C=O) groups excluding carboxylic acids is 1. The molecular weight excluding hydrogens is 294 g/mol. The molecule has 0 atom stereocenters. The second-order valence-electron chi connectivity index (χ2n) is 5.80. The molecule has 2 fully saturated rings. The average Bonchev–Trinajstić information content (AvgIpc) is 2.46. The van der Waals surface area contributed by atoms with Gasteiger partial charge in [0.15, 0.2) is 9.84 Å². The molecular formula is C14H25NO5S. The Hall–Kier alpha value is -0.660. The molecule has 7 heteroatoms. The van der Waals surface area contributed by atoms with Crippen molar-refractivity contribution in [2.24, 2.45) is 0 Å². The summed E-state index contributed by atoms with van der Waals surface area (Å²) in [7, 11) is -2.83. The molecule has 0 aromatic heterocycles. The molecule has 21 heavy (non-hydrogen) atoms. The highest BCUT2D eigenvalue weighted by molar-refractivity contribution is 7.91. The summed E-state index contributed by atoms with van der Waals surface area (Å²) in [5, 5.41) is 0. The Balaban J connectivity index is 1.52. The van der Waals surface area contributed by atoms with Crippen LogP contribution in [0.5, 0.6) is 0 Å². The largest absolute Gasteiger partial charge is 0.461 e. The van der Waals surface area contributed by atoms with Gasteiger partial charge in [-0.05, 0) is 25.7 Å². The minimum atomic E-state index is -2.83. The maximum Gasteiger partial charge on any atom is 0.332 e. The lowest BCUT2D eigenvalue weighted by atomic mass is 9.98. The summed E-state index contributed by atoms with van der Waals surface area (Å²) in [6, 6.07) is 0. The zero-order valence-electron chi connectivity index (χ0n) is 12.5. The molecule has 0 aromatic rings. The van der Waals surface area contributed by atoms with Crippen molar-refractivity contribution in [1.82, 2.24) is 4.90 Å². The lowest BCUT2D eigenvalue weighted by molar-refractivity contribution is -0.156. The van der Waals surface area contributed by atoms with Crippen molar-refractivity contribution in [1.29, 1.82) is 0 Å². The molecule has 0 unspecified atom stereocenters. The summed E-state index contributed by atoms with van der Waals surface area (Å²) in [4.78, 5) is 13.7. The van der Waals surface area contributed by atoms with Gasteiger partial charge < -0.3 is 9.47 Å². The topological polar surface area (TPSA) is 72.9 Å². The van der Waals surface area contributed by atoms with E-state index in [1.807, 2.05) is 4.90 Å². The van der Waals surface area contributed by atoms with Crippen molar-refractivity contribution >= 4 is 15.8 Å². The smallest absolute Gasteiger partial charge is 0.332 e. The minimum absolute atomic E-state index is 0.0113. The van der Waals surface area contributed by atoms with Crippen LogP contribution in [-0.4, -0.2) is 69.7 Å². The van der Waals surface area contributed by atoms with Gasteiger partial charge in [-0.1, -0.05) is 6.42 Å². The van der Waals surface area contributed by atoms with Crippen molar-refractivity contribution < 1.29 is 22.7 Å². The van der Waals surface area contributed by atoms with Crippen LogP contribution in [0.3, 0.4) is 0 Å². The number of esters is 1. The minimum Gasteiger partial charge on any atom is -0.461 e. The number of rotatable bonds is 6. The molecule has 122 valence electrons. The van der Waals surface area contributed by atoms with E-state index in [1.54, 1.807) is 0 Å². The quantitative estimate of drug-likeness (QED) is 0.527. The second-order valence-corrected chi connectivity index (χ2v) is 8.10. The van der Waals surface area contributed by atoms with E-state index in [1.165, 1.54) is 6.42 Å². The molecule has 0 amide bonds. The van der Waals surface area contributed by atoms with Gasteiger partial charge in [0.05, 0.1) is 18.1 Å². The molecule has 0 spiro atoms. The number of hydrogen-bond donors (Lipinski definition) is 0. The normalized spacial score (nSPS) is 23.8.